The fourth-order valence-corrected chi connectivity index (χ4v) is 9.12. The van der Waals surface area contributed by atoms with Crippen molar-refractivity contribution in [3.8, 4) is 0 Å². The number of fused-ring (bicyclic) bond motifs is 2. The normalized spacial score (nSPS) is 22.0. The van der Waals surface area contributed by atoms with Crippen molar-refractivity contribution < 1.29 is 48.0 Å². The van der Waals surface area contributed by atoms with Crippen molar-refractivity contribution >= 4 is 85.5 Å². The standard InChI is InChI=1S/C41H52N10O9S2/c1-25-41(60)51(17-13-27-22-43-29-10-4-3-9-28(27)29)26(2)38(57)48-32(37(42)56)24-62-61-20-14-33(52)46-30(11-5-7-15-49-18-19-50-16-8-6-12-35(49)50)39(58)44-23-34(53)47-31(21-36(54)55)40(59)45-25/h3-4,6,8-10,12,16,18-19,22,25-26,30-32,43H,5,7,11,13-15,17,20-21,23-24H2,1-2H3,(H7-,42,44,45,46,47,48,52,53,54,55,56,57,58,59)/p+1/t25-,26-,30?,31-,32?/m0/s1. The van der Waals surface area contributed by atoms with Crippen LogP contribution in [-0.2, 0) is 51.3 Å². The maximum absolute atomic E-state index is 14.1. The number of imidazole rings is 1. The lowest BCUT2D eigenvalue weighted by Crippen LogP contribution is -2.59. The number of nitrogens with one attached hydrogen (secondary N) is 6. The Kier molecular flexibility index (Phi) is 17.2. The zero-order chi connectivity index (χ0) is 44.8. The number of carboxylic acids is 1. The number of pyridine rings is 1. The molecule has 4 aromatic rings. The van der Waals surface area contributed by atoms with Gasteiger partial charge < -0.3 is 47.3 Å². The first-order chi connectivity index (χ1) is 29.7. The Hall–Kier alpha value is -6.09. The number of unbranched alkanes of at least 4 members (excludes halogenated alkanes) is 1. The Balaban J connectivity index is 1.31. The predicted octanol–water partition coefficient (Wildman–Crippen LogP) is 0.159. The summed E-state index contributed by atoms with van der Waals surface area (Å²) in [5, 5.41) is 23.2. The van der Waals surface area contributed by atoms with Gasteiger partial charge in [-0.1, -0.05) is 45.9 Å². The summed E-state index contributed by atoms with van der Waals surface area (Å²) in [7, 11) is 2.47. The van der Waals surface area contributed by atoms with Gasteiger partial charge in [-0.05, 0) is 57.2 Å². The molecule has 4 heterocycles. The summed E-state index contributed by atoms with van der Waals surface area (Å²) < 4.78 is 4.04. The number of amides is 7. The SMILES string of the molecule is C[C@@H]1NC(=O)[C@H](CC(=O)O)NC(=O)CNC(=O)C(CCCC[n+]2ccn3ccccc32)NC(=O)CCSSCC(C(N)=O)NC(=O)[C@H](C)N(CCc2c[nH]c3ccccc23)C1=O. The molecule has 0 saturated carbocycles. The molecule has 2 unspecified atom stereocenters. The van der Waals surface area contributed by atoms with E-state index in [0.717, 1.165) is 22.1 Å². The van der Waals surface area contributed by atoms with Gasteiger partial charge in [-0.25, -0.2) is 8.97 Å². The molecule has 5 rings (SSSR count). The molecule has 1 fully saturated rings. The number of aromatic amines is 1. The number of hydrogen-bond acceptors (Lipinski definition) is 10. The van der Waals surface area contributed by atoms with Crippen molar-refractivity contribution in [2.24, 2.45) is 5.73 Å². The van der Waals surface area contributed by atoms with Crippen molar-refractivity contribution in [2.75, 3.05) is 24.6 Å². The van der Waals surface area contributed by atoms with E-state index in [1.54, 1.807) is 6.20 Å². The van der Waals surface area contributed by atoms with Gasteiger partial charge in [-0.3, -0.25) is 38.4 Å². The Bertz CT molecular complexity index is 2270. The smallest absolute Gasteiger partial charge is 0.305 e. The highest BCUT2D eigenvalue weighted by Crippen LogP contribution is 2.23. The van der Waals surface area contributed by atoms with Crippen LogP contribution in [0.5, 0.6) is 0 Å². The molecule has 332 valence electrons. The van der Waals surface area contributed by atoms with E-state index in [9.17, 15) is 43.5 Å². The van der Waals surface area contributed by atoms with Crippen molar-refractivity contribution in [3.05, 3.63) is 72.8 Å². The first-order valence-electron chi connectivity index (χ1n) is 20.2. The average molecular weight is 894 g/mol. The van der Waals surface area contributed by atoms with Gasteiger partial charge in [0.2, 0.25) is 41.4 Å². The third kappa shape index (κ3) is 13.2. The molecule has 7 amide bonds. The molecule has 1 aromatic carbocycles. The highest BCUT2D eigenvalue weighted by molar-refractivity contribution is 8.76. The summed E-state index contributed by atoms with van der Waals surface area (Å²) in [6.45, 7) is 2.83. The molecule has 0 aliphatic carbocycles. The van der Waals surface area contributed by atoms with E-state index in [1.165, 1.54) is 40.3 Å². The molecule has 9 N–H and O–H groups in total. The van der Waals surface area contributed by atoms with Crippen LogP contribution in [0.2, 0.25) is 0 Å². The summed E-state index contributed by atoms with van der Waals surface area (Å²) in [6, 6.07) is 7.07. The van der Waals surface area contributed by atoms with Crippen LogP contribution in [0.15, 0.2) is 67.3 Å². The van der Waals surface area contributed by atoms with Crippen LogP contribution in [0.3, 0.4) is 0 Å². The molecule has 0 bridgehead atoms. The van der Waals surface area contributed by atoms with E-state index in [4.69, 9.17) is 5.73 Å². The molecule has 62 heavy (non-hydrogen) atoms. The van der Waals surface area contributed by atoms with Crippen molar-refractivity contribution in [1.82, 2.24) is 40.9 Å². The summed E-state index contributed by atoms with van der Waals surface area (Å²) in [5.74, 6) is -6.29. The number of rotatable bonds is 11. The maximum atomic E-state index is 14.1. The van der Waals surface area contributed by atoms with Crippen LogP contribution in [0.1, 0.15) is 51.5 Å². The summed E-state index contributed by atoms with van der Waals surface area (Å²) >= 11 is 0. The van der Waals surface area contributed by atoms with E-state index in [2.05, 4.69) is 36.1 Å². The Morgan fingerprint density at radius 3 is 2.40 bits per heavy atom. The number of carboxylic acid groups (broad SMARTS) is 1. The third-order valence-corrected chi connectivity index (χ3v) is 12.8. The van der Waals surface area contributed by atoms with Crippen molar-refractivity contribution in [3.63, 3.8) is 0 Å². The number of carbonyl (C=O) groups is 8. The van der Waals surface area contributed by atoms with Gasteiger partial charge in [0.1, 0.15) is 42.6 Å². The first-order valence-corrected chi connectivity index (χ1v) is 22.7. The first kappa shape index (κ1) is 47.0. The lowest BCUT2D eigenvalue weighted by atomic mass is 10.1. The number of hydrogen-bond donors (Lipinski definition) is 8. The Morgan fingerprint density at radius 1 is 0.871 bits per heavy atom. The minimum atomic E-state index is -1.65. The van der Waals surface area contributed by atoms with Crippen LogP contribution < -0.4 is 36.9 Å². The number of primary amides is 1. The van der Waals surface area contributed by atoms with Gasteiger partial charge >= 0.3 is 5.97 Å². The number of aromatic nitrogens is 3. The number of aliphatic carboxylic acids is 1. The van der Waals surface area contributed by atoms with Gasteiger partial charge in [0.05, 0.1) is 25.7 Å². The quantitative estimate of drug-likeness (QED) is 0.0571. The zero-order valence-corrected chi connectivity index (χ0v) is 36.1. The highest BCUT2D eigenvalue weighted by atomic mass is 33.1. The number of para-hydroxylation sites is 1. The van der Waals surface area contributed by atoms with Gasteiger partial charge in [-0.2, -0.15) is 0 Å². The summed E-state index contributed by atoms with van der Waals surface area (Å²) in [4.78, 5) is 110. The number of nitrogens with zero attached hydrogens (tertiary/aromatic N) is 3. The topological polar surface area (TPSA) is 270 Å². The zero-order valence-electron chi connectivity index (χ0n) is 34.5. The lowest BCUT2D eigenvalue weighted by Gasteiger charge is -2.32. The monoisotopic (exact) mass is 893 g/mol. The third-order valence-electron chi connectivity index (χ3n) is 10.4. The van der Waals surface area contributed by atoms with Crippen molar-refractivity contribution in [1.29, 1.82) is 0 Å². The van der Waals surface area contributed by atoms with E-state index in [-0.39, 0.29) is 30.9 Å². The van der Waals surface area contributed by atoms with E-state index >= 15 is 0 Å². The van der Waals surface area contributed by atoms with E-state index < -0.39 is 90.5 Å². The maximum Gasteiger partial charge on any atom is 0.305 e. The van der Waals surface area contributed by atoms with Crippen LogP contribution in [0.4, 0.5) is 0 Å². The average Bonchev–Trinajstić information content (AvgIpc) is 3.86. The van der Waals surface area contributed by atoms with Crippen LogP contribution >= 0.6 is 21.6 Å². The van der Waals surface area contributed by atoms with Crippen LogP contribution in [0, 0.1) is 0 Å². The van der Waals surface area contributed by atoms with E-state index in [1.807, 2.05) is 65.5 Å². The summed E-state index contributed by atoms with van der Waals surface area (Å²) in [6.07, 6.45) is 8.47. The molecule has 0 radical (unpaired) electrons. The largest absolute Gasteiger partial charge is 0.481 e. The Labute approximate surface area is 365 Å². The van der Waals surface area contributed by atoms with Crippen LogP contribution in [-0.4, -0.2) is 122 Å². The predicted molar refractivity (Wildman–Crippen MR) is 232 cm³/mol. The number of aryl methyl sites for hydroxylation is 1. The molecule has 21 heteroatoms. The number of H-pyrrole nitrogens is 1. The highest BCUT2D eigenvalue weighted by Gasteiger charge is 2.34. The molecule has 3 aromatic heterocycles. The second-order valence-corrected chi connectivity index (χ2v) is 17.5. The van der Waals surface area contributed by atoms with Gasteiger partial charge in [0, 0.05) is 47.6 Å². The lowest BCUT2D eigenvalue weighted by molar-refractivity contribution is -0.671. The molecule has 1 aliphatic rings. The Morgan fingerprint density at radius 2 is 1.63 bits per heavy atom. The number of nitrogens with two attached hydrogens (primary N) is 1. The number of carbonyl (C=O) groups excluding carboxylic acids is 7. The minimum Gasteiger partial charge on any atom is -0.481 e. The molecule has 19 nitrogen and oxygen atoms in total. The van der Waals surface area contributed by atoms with Crippen molar-refractivity contribution in [2.45, 2.75) is 89.1 Å². The molecule has 1 aliphatic heterocycles. The second-order valence-electron chi connectivity index (χ2n) is 14.9. The van der Waals surface area contributed by atoms with Crippen LogP contribution in [0.25, 0.3) is 16.6 Å². The molecular formula is C41H53N10O9S2+. The van der Waals surface area contributed by atoms with Gasteiger partial charge in [0.25, 0.3) is 5.65 Å². The molecule has 0 spiro atoms. The fraction of sp³-hybridized carbons (Fsp3) is 0.439. The van der Waals surface area contributed by atoms with Gasteiger partial charge in [-0.15, -0.1) is 0 Å². The fourth-order valence-electron chi connectivity index (χ4n) is 6.96. The summed E-state index contributed by atoms with van der Waals surface area (Å²) in [5.41, 5.74) is 8.37. The molecule has 5 atom stereocenters. The van der Waals surface area contributed by atoms with Gasteiger partial charge in [0.15, 0.2) is 0 Å². The second kappa shape index (κ2) is 22.7. The van der Waals surface area contributed by atoms with E-state index in [0.29, 0.717) is 25.8 Å². The molecular weight excluding hydrogens is 841 g/mol. The minimum absolute atomic E-state index is 0.00282. The number of benzene rings is 1. The molecule has 1 saturated heterocycles.